The molecule has 9 nitrogen and oxygen atoms in total. The first-order valence-electron chi connectivity index (χ1n) is 9.65. The first kappa shape index (κ1) is 23.1. The van der Waals surface area contributed by atoms with Crippen molar-refractivity contribution < 1.29 is 27.4 Å². The van der Waals surface area contributed by atoms with Crippen LogP contribution in [0.2, 0.25) is 0 Å². The van der Waals surface area contributed by atoms with Crippen molar-refractivity contribution in [3.8, 4) is 0 Å². The van der Waals surface area contributed by atoms with E-state index >= 15 is 0 Å². The molecule has 1 saturated heterocycles. The van der Waals surface area contributed by atoms with E-state index in [4.69, 9.17) is 16.8 Å². The Kier molecular flexibility index (Phi) is 6.34. The Morgan fingerprint density at radius 2 is 1.67 bits per heavy atom. The lowest BCUT2D eigenvalue weighted by atomic mass is 10.1. The number of anilines is 2. The summed E-state index contributed by atoms with van der Waals surface area (Å²) in [5.41, 5.74) is 1.64. The van der Waals surface area contributed by atoms with Crippen molar-refractivity contribution >= 4 is 73.1 Å². The number of carbonyl (C=O) groups is 3. The Bertz CT molecular complexity index is 1310. The number of fused-ring (bicyclic) bond motifs is 1. The van der Waals surface area contributed by atoms with Crippen molar-refractivity contribution in [2.24, 2.45) is 0 Å². The molecule has 0 unspecified atom stereocenters. The van der Waals surface area contributed by atoms with Gasteiger partial charge in [0.05, 0.1) is 21.9 Å². The van der Waals surface area contributed by atoms with Crippen LogP contribution in [0.4, 0.5) is 11.4 Å². The summed E-state index contributed by atoms with van der Waals surface area (Å²) in [5.74, 6) is -2.25. The second kappa shape index (κ2) is 9.06. The monoisotopic (exact) mass is 503 g/mol. The lowest BCUT2D eigenvalue weighted by Gasteiger charge is -2.16. The molecule has 2 aromatic rings. The summed E-state index contributed by atoms with van der Waals surface area (Å²) in [6.45, 7) is -0.601. The second-order valence-electron chi connectivity index (χ2n) is 7.14. The highest BCUT2D eigenvalue weighted by atomic mass is 32.2. The Labute approximate surface area is 199 Å². The van der Waals surface area contributed by atoms with Gasteiger partial charge in [-0.3, -0.25) is 28.7 Å². The Balaban J connectivity index is 1.63. The molecule has 0 atom stereocenters. The molecule has 2 heterocycles. The van der Waals surface area contributed by atoms with Crippen LogP contribution in [0.15, 0.2) is 59.5 Å². The fourth-order valence-electron chi connectivity index (χ4n) is 3.47. The molecule has 4 rings (SSSR count). The first-order chi connectivity index (χ1) is 15.7. The minimum atomic E-state index is -4.30. The highest BCUT2D eigenvalue weighted by Gasteiger charge is 2.42. The van der Waals surface area contributed by atoms with E-state index in [1.54, 1.807) is 48.5 Å². The molecule has 0 aromatic heterocycles. The summed E-state index contributed by atoms with van der Waals surface area (Å²) in [7, 11) is -4.30. The summed E-state index contributed by atoms with van der Waals surface area (Å²) < 4.78 is 31.3. The van der Waals surface area contributed by atoms with Gasteiger partial charge in [-0.05, 0) is 18.2 Å². The van der Waals surface area contributed by atoms with Gasteiger partial charge in [0.1, 0.15) is 10.9 Å². The van der Waals surface area contributed by atoms with Crippen molar-refractivity contribution in [3.63, 3.8) is 0 Å². The highest BCUT2D eigenvalue weighted by molar-refractivity contribution is 8.26. The predicted octanol–water partition coefficient (Wildman–Crippen LogP) is 2.13. The van der Waals surface area contributed by atoms with Crippen molar-refractivity contribution in [2.45, 2.75) is 0 Å². The third kappa shape index (κ3) is 4.83. The smallest absolute Gasteiger partial charge is 0.267 e. The average molecular weight is 504 g/mol. The first-order valence-corrected chi connectivity index (χ1v) is 12.5. The van der Waals surface area contributed by atoms with Crippen LogP contribution in [0.1, 0.15) is 5.56 Å². The van der Waals surface area contributed by atoms with Crippen LogP contribution in [0.3, 0.4) is 0 Å². The lowest BCUT2D eigenvalue weighted by Crippen LogP contribution is -2.36. The third-order valence-electron chi connectivity index (χ3n) is 4.93. The van der Waals surface area contributed by atoms with Crippen LogP contribution in [-0.2, 0) is 24.5 Å². The Morgan fingerprint density at radius 3 is 2.36 bits per heavy atom. The number of benzene rings is 2. The van der Waals surface area contributed by atoms with Gasteiger partial charge in [-0.15, -0.1) is 0 Å². The maximum atomic E-state index is 13.3. The Hall–Kier alpha value is -3.06. The van der Waals surface area contributed by atoms with E-state index < -0.39 is 33.6 Å². The summed E-state index contributed by atoms with van der Waals surface area (Å²) in [6.07, 6.45) is 0. The quantitative estimate of drug-likeness (QED) is 0.349. The number of thiocarbonyl (C=S) groups is 1. The SMILES string of the molecule is O=C(CN1C(=O)C(=C2SC(=S)N(CCS(=O)(=O)O)C2=O)c2ccccc21)Nc1ccccc1. The molecule has 2 aliphatic rings. The summed E-state index contributed by atoms with van der Waals surface area (Å²) in [4.78, 5) is 41.3. The standard InChI is InChI=1S/C21H17N3O6S3/c25-16(22-13-6-2-1-3-7-13)12-24-15-9-5-4-8-14(15)17(19(24)26)18-20(27)23(21(31)32-18)10-11-33(28,29)30/h1-9H,10-12H2,(H,22,25)(H,28,29,30). The fraction of sp³-hybridized carbons (Fsp3) is 0.143. The normalized spacial score (nSPS) is 18.2. The van der Waals surface area contributed by atoms with Crippen molar-refractivity contribution in [3.05, 3.63) is 65.1 Å². The fourth-order valence-corrected chi connectivity index (χ4v) is 5.26. The van der Waals surface area contributed by atoms with Crippen molar-refractivity contribution in [1.29, 1.82) is 0 Å². The van der Waals surface area contributed by atoms with Crippen LogP contribution in [0.5, 0.6) is 0 Å². The van der Waals surface area contributed by atoms with Gasteiger partial charge in [-0.25, -0.2) is 0 Å². The maximum absolute atomic E-state index is 13.3. The van der Waals surface area contributed by atoms with Crippen LogP contribution in [0.25, 0.3) is 5.57 Å². The number of thioether (sulfide) groups is 1. The molecular formula is C21H17N3O6S3. The van der Waals surface area contributed by atoms with E-state index in [1.165, 1.54) is 4.90 Å². The van der Waals surface area contributed by atoms with E-state index in [1.807, 2.05) is 6.07 Å². The van der Waals surface area contributed by atoms with Crippen LogP contribution in [-0.4, -0.2) is 58.8 Å². The summed E-state index contributed by atoms with van der Waals surface area (Å²) >= 11 is 6.08. The number of carbonyl (C=O) groups excluding carboxylic acids is 3. The van der Waals surface area contributed by atoms with Gasteiger partial charge in [-0.1, -0.05) is 60.4 Å². The van der Waals surface area contributed by atoms with E-state index in [0.29, 0.717) is 16.9 Å². The molecule has 0 aliphatic carbocycles. The highest BCUT2D eigenvalue weighted by Crippen LogP contribution is 2.44. The van der Waals surface area contributed by atoms with Crippen LogP contribution < -0.4 is 10.2 Å². The summed E-state index contributed by atoms with van der Waals surface area (Å²) in [6, 6.07) is 15.6. The molecule has 2 N–H and O–H groups in total. The molecule has 3 amide bonds. The molecule has 2 aromatic carbocycles. The molecule has 12 heteroatoms. The zero-order chi connectivity index (χ0) is 23.8. The molecular weight excluding hydrogens is 486 g/mol. The van der Waals surface area contributed by atoms with Gasteiger partial charge >= 0.3 is 0 Å². The van der Waals surface area contributed by atoms with Crippen molar-refractivity contribution in [2.75, 3.05) is 29.1 Å². The average Bonchev–Trinajstić information content (AvgIpc) is 3.19. The topological polar surface area (TPSA) is 124 Å². The van der Waals surface area contributed by atoms with Gasteiger partial charge in [-0.2, -0.15) is 8.42 Å². The lowest BCUT2D eigenvalue weighted by molar-refractivity contribution is -0.122. The molecule has 170 valence electrons. The zero-order valence-electron chi connectivity index (χ0n) is 16.9. The van der Waals surface area contributed by atoms with Crippen molar-refractivity contribution in [1.82, 2.24) is 4.90 Å². The minimum absolute atomic E-state index is 0.0544. The number of nitrogens with one attached hydrogen (secondary N) is 1. The Morgan fingerprint density at radius 1 is 1.00 bits per heavy atom. The maximum Gasteiger partial charge on any atom is 0.267 e. The molecule has 0 saturated carbocycles. The predicted molar refractivity (Wildman–Crippen MR) is 129 cm³/mol. The summed E-state index contributed by atoms with van der Waals surface area (Å²) in [5, 5.41) is 2.73. The number of rotatable bonds is 6. The number of nitrogens with zero attached hydrogens (tertiary/aromatic N) is 2. The van der Waals surface area contributed by atoms with Gasteiger partial charge in [0.15, 0.2) is 0 Å². The zero-order valence-corrected chi connectivity index (χ0v) is 19.4. The van der Waals surface area contributed by atoms with E-state index in [-0.39, 0.29) is 27.9 Å². The van der Waals surface area contributed by atoms with Crippen LogP contribution in [0, 0.1) is 0 Å². The van der Waals surface area contributed by atoms with E-state index in [2.05, 4.69) is 5.32 Å². The molecule has 0 spiro atoms. The van der Waals surface area contributed by atoms with Gasteiger partial charge in [0.25, 0.3) is 21.9 Å². The second-order valence-corrected chi connectivity index (χ2v) is 10.4. The van der Waals surface area contributed by atoms with Gasteiger partial charge in [0, 0.05) is 17.8 Å². The van der Waals surface area contributed by atoms with Gasteiger partial charge in [0.2, 0.25) is 5.91 Å². The molecule has 0 bridgehead atoms. The van der Waals surface area contributed by atoms with Crippen LogP contribution >= 0.6 is 24.0 Å². The minimum Gasteiger partial charge on any atom is -0.325 e. The van der Waals surface area contributed by atoms with E-state index in [0.717, 1.165) is 16.7 Å². The molecule has 1 fully saturated rings. The number of hydrogen-bond acceptors (Lipinski definition) is 7. The molecule has 0 radical (unpaired) electrons. The third-order valence-corrected chi connectivity index (χ3v) is 7.08. The number of para-hydroxylation sites is 2. The largest absolute Gasteiger partial charge is 0.325 e. The number of amides is 3. The molecule has 2 aliphatic heterocycles. The van der Waals surface area contributed by atoms with E-state index in [9.17, 15) is 22.8 Å². The number of hydrogen-bond donors (Lipinski definition) is 2. The molecule has 33 heavy (non-hydrogen) atoms. The van der Waals surface area contributed by atoms with Gasteiger partial charge < -0.3 is 5.32 Å².